The molecule has 0 unspecified atom stereocenters. The third-order valence-electron chi connectivity index (χ3n) is 4.16. The summed E-state index contributed by atoms with van der Waals surface area (Å²) in [4.78, 5) is 8.87. The molecule has 1 aromatic rings. The summed E-state index contributed by atoms with van der Waals surface area (Å²) in [5, 5.41) is 6.99. The van der Waals surface area contributed by atoms with Crippen LogP contribution in [0.1, 0.15) is 36.9 Å². The molecule has 0 atom stereocenters. The number of rotatable bonds is 3. The van der Waals surface area contributed by atoms with Gasteiger partial charge in [-0.3, -0.25) is 0 Å². The lowest BCUT2D eigenvalue weighted by atomic mass is 10.1. The zero-order chi connectivity index (χ0) is 12.2. The van der Waals surface area contributed by atoms with Crippen molar-refractivity contribution in [3.63, 3.8) is 0 Å². The fourth-order valence-electron chi connectivity index (χ4n) is 3.08. The molecule has 1 aliphatic heterocycles. The van der Waals surface area contributed by atoms with Crippen LogP contribution in [-0.4, -0.2) is 29.6 Å². The van der Waals surface area contributed by atoms with Crippen molar-refractivity contribution in [1.29, 1.82) is 0 Å². The molecule has 0 bridgehead atoms. The standard InChI is InChI=1S/C14H22N4/c1-2-4-11(3-1)9-16-14-12-5-7-15-8-6-13(12)17-10-18-14/h10-11,15H,1-9H2,(H,16,17,18). The summed E-state index contributed by atoms with van der Waals surface area (Å²) in [6.45, 7) is 3.15. The zero-order valence-corrected chi connectivity index (χ0v) is 10.9. The molecular weight excluding hydrogens is 224 g/mol. The van der Waals surface area contributed by atoms with Crippen LogP contribution in [0, 0.1) is 5.92 Å². The number of hydrogen-bond acceptors (Lipinski definition) is 4. The molecule has 98 valence electrons. The molecule has 1 saturated carbocycles. The van der Waals surface area contributed by atoms with Crippen molar-refractivity contribution in [2.24, 2.45) is 5.92 Å². The highest BCUT2D eigenvalue weighted by atomic mass is 15.0. The van der Waals surface area contributed by atoms with Crippen LogP contribution in [0.3, 0.4) is 0 Å². The number of nitrogens with one attached hydrogen (secondary N) is 2. The van der Waals surface area contributed by atoms with Gasteiger partial charge in [0.1, 0.15) is 12.1 Å². The molecule has 0 amide bonds. The summed E-state index contributed by atoms with van der Waals surface area (Å²) in [5.41, 5.74) is 2.56. The van der Waals surface area contributed by atoms with Crippen molar-refractivity contribution in [2.45, 2.75) is 38.5 Å². The second-order valence-electron chi connectivity index (χ2n) is 5.43. The van der Waals surface area contributed by atoms with Gasteiger partial charge in [-0.1, -0.05) is 12.8 Å². The van der Waals surface area contributed by atoms with Gasteiger partial charge in [0.15, 0.2) is 0 Å². The van der Waals surface area contributed by atoms with Gasteiger partial charge in [-0.2, -0.15) is 0 Å². The molecule has 1 aromatic heterocycles. The number of anilines is 1. The van der Waals surface area contributed by atoms with Gasteiger partial charge in [-0.05, 0) is 31.7 Å². The van der Waals surface area contributed by atoms with E-state index < -0.39 is 0 Å². The van der Waals surface area contributed by atoms with Crippen molar-refractivity contribution in [1.82, 2.24) is 15.3 Å². The Balaban J connectivity index is 1.70. The average Bonchev–Trinajstić information content (AvgIpc) is 2.79. The summed E-state index contributed by atoms with van der Waals surface area (Å²) in [6.07, 6.45) is 9.33. The highest BCUT2D eigenvalue weighted by Crippen LogP contribution is 2.25. The average molecular weight is 246 g/mol. The molecule has 0 radical (unpaired) electrons. The maximum Gasteiger partial charge on any atom is 0.132 e. The van der Waals surface area contributed by atoms with E-state index in [1.165, 1.54) is 36.9 Å². The Morgan fingerprint density at radius 1 is 1.17 bits per heavy atom. The molecule has 2 heterocycles. The number of aromatic nitrogens is 2. The van der Waals surface area contributed by atoms with Crippen LogP contribution in [0.4, 0.5) is 5.82 Å². The van der Waals surface area contributed by atoms with Gasteiger partial charge < -0.3 is 10.6 Å². The van der Waals surface area contributed by atoms with Crippen molar-refractivity contribution in [2.75, 3.05) is 25.0 Å². The summed E-state index contributed by atoms with van der Waals surface area (Å²) in [7, 11) is 0. The first kappa shape index (κ1) is 11.9. The predicted octanol–water partition coefficient (Wildman–Crippen LogP) is 1.77. The zero-order valence-electron chi connectivity index (χ0n) is 10.9. The number of hydrogen-bond donors (Lipinski definition) is 2. The Labute approximate surface area is 109 Å². The molecule has 18 heavy (non-hydrogen) atoms. The summed E-state index contributed by atoms with van der Waals surface area (Å²) < 4.78 is 0. The summed E-state index contributed by atoms with van der Waals surface area (Å²) in [5.74, 6) is 1.93. The highest BCUT2D eigenvalue weighted by molar-refractivity contribution is 5.46. The maximum atomic E-state index is 4.44. The third-order valence-corrected chi connectivity index (χ3v) is 4.16. The van der Waals surface area contributed by atoms with E-state index in [-0.39, 0.29) is 0 Å². The largest absolute Gasteiger partial charge is 0.369 e. The smallest absolute Gasteiger partial charge is 0.132 e. The second kappa shape index (κ2) is 5.65. The minimum atomic E-state index is 0.847. The van der Waals surface area contributed by atoms with Gasteiger partial charge in [0.25, 0.3) is 0 Å². The first-order chi connectivity index (χ1) is 8.93. The van der Waals surface area contributed by atoms with Gasteiger partial charge in [0, 0.05) is 25.1 Å². The topological polar surface area (TPSA) is 49.8 Å². The molecule has 0 aromatic carbocycles. The van der Waals surface area contributed by atoms with E-state index in [1.54, 1.807) is 6.33 Å². The SMILES string of the molecule is c1nc2c(c(NCC3CCCC3)n1)CCNCC2. The summed E-state index contributed by atoms with van der Waals surface area (Å²) >= 11 is 0. The fourth-order valence-corrected chi connectivity index (χ4v) is 3.08. The van der Waals surface area contributed by atoms with Crippen LogP contribution < -0.4 is 10.6 Å². The Kier molecular flexibility index (Phi) is 3.74. The molecule has 0 spiro atoms. The van der Waals surface area contributed by atoms with E-state index in [1.807, 2.05) is 0 Å². The van der Waals surface area contributed by atoms with Gasteiger partial charge in [0.2, 0.25) is 0 Å². The van der Waals surface area contributed by atoms with Crippen molar-refractivity contribution >= 4 is 5.82 Å². The third kappa shape index (κ3) is 2.64. The van der Waals surface area contributed by atoms with Crippen molar-refractivity contribution < 1.29 is 0 Å². The lowest BCUT2D eigenvalue weighted by Crippen LogP contribution is -2.17. The molecule has 1 fully saturated rings. The van der Waals surface area contributed by atoms with E-state index in [4.69, 9.17) is 0 Å². The van der Waals surface area contributed by atoms with Crippen LogP contribution in [0.25, 0.3) is 0 Å². The molecule has 3 rings (SSSR count). The predicted molar refractivity (Wildman–Crippen MR) is 72.8 cm³/mol. The lowest BCUT2D eigenvalue weighted by Gasteiger charge is -2.15. The highest BCUT2D eigenvalue weighted by Gasteiger charge is 2.17. The van der Waals surface area contributed by atoms with E-state index in [2.05, 4.69) is 20.6 Å². The van der Waals surface area contributed by atoms with Gasteiger partial charge >= 0.3 is 0 Å². The van der Waals surface area contributed by atoms with Crippen LogP contribution in [0.2, 0.25) is 0 Å². The first-order valence-electron chi connectivity index (χ1n) is 7.21. The molecule has 1 aliphatic carbocycles. The number of nitrogens with zero attached hydrogens (tertiary/aromatic N) is 2. The molecule has 4 nitrogen and oxygen atoms in total. The maximum absolute atomic E-state index is 4.44. The molecule has 0 saturated heterocycles. The minimum Gasteiger partial charge on any atom is -0.369 e. The Morgan fingerprint density at radius 3 is 2.89 bits per heavy atom. The molecule has 2 N–H and O–H groups in total. The van der Waals surface area contributed by atoms with E-state index >= 15 is 0 Å². The van der Waals surface area contributed by atoms with E-state index in [0.717, 1.165) is 44.2 Å². The summed E-state index contributed by atoms with van der Waals surface area (Å²) in [6, 6.07) is 0. The molecule has 2 aliphatic rings. The monoisotopic (exact) mass is 246 g/mol. The Bertz CT molecular complexity index is 399. The van der Waals surface area contributed by atoms with Crippen LogP contribution in [0.15, 0.2) is 6.33 Å². The van der Waals surface area contributed by atoms with Gasteiger partial charge in [-0.15, -0.1) is 0 Å². The van der Waals surface area contributed by atoms with Gasteiger partial charge in [0.05, 0.1) is 5.69 Å². The lowest BCUT2D eigenvalue weighted by molar-refractivity contribution is 0.578. The van der Waals surface area contributed by atoms with Crippen LogP contribution >= 0.6 is 0 Å². The van der Waals surface area contributed by atoms with Gasteiger partial charge in [-0.25, -0.2) is 9.97 Å². The van der Waals surface area contributed by atoms with Crippen LogP contribution in [0.5, 0.6) is 0 Å². The van der Waals surface area contributed by atoms with E-state index in [9.17, 15) is 0 Å². The Hall–Kier alpha value is -1.16. The minimum absolute atomic E-state index is 0.847. The van der Waals surface area contributed by atoms with Crippen molar-refractivity contribution in [3.05, 3.63) is 17.6 Å². The quantitative estimate of drug-likeness (QED) is 0.853. The molecule has 4 heteroatoms. The van der Waals surface area contributed by atoms with E-state index in [0.29, 0.717) is 0 Å². The van der Waals surface area contributed by atoms with Crippen molar-refractivity contribution in [3.8, 4) is 0 Å². The second-order valence-corrected chi connectivity index (χ2v) is 5.43. The normalized spacial score (nSPS) is 20.4. The fraction of sp³-hybridized carbons (Fsp3) is 0.714. The molecular formula is C14H22N4. The Morgan fingerprint density at radius 2 is 2.00 bits per heavy atom. The number of fused-ring (bicyclic) bond motifs is 1. The van der Waals surface area contributed by atoms with Crippen LogP contribution in [-0.2, 0) is 12.8 Å². The first-order valence-corrected chi connectivity index (χ1v) is 7.21.